The fourth-order valence-electron chi connectivity index (χ4n) is 2.54. The van der Waals surface area contributed by atoms with E-state index in [9.17, 15) is 0 Å². The smallest absolute Gasteiger partial charge is 0.0240 e. The van der Waals surface area contributed by atoms with Crippen LogP contribution in [-0.2, 0) is 6.42 Å². The van der Waals surface area contributed by atoms with Gasteiger partial charge in [-0.25, -0.2) is 0 Å². The highest BCUT2D eigenvalue weighted by atomic mass is 15.1. The lowest BCUT2D eigenvalue weighted by Gasteiger charge is -2.32. The van der Waals surface area contributed by atoms with E-state index in [1.807, 2.05) is 0 Å². The quantitative estimate of drug-likeness (QED) is 0.743. The summed E-state index contributed by atoms with van der Waals surface area (Å²) in [5.74, 6) is 1.40. The molecule has 1 rings (SSSR count). The summed E-state index contributed by atoms with van der Waals surface area (Å²) in [6, 6.07) is 11.4. The van der Waals surface area contributed by atoms with Gasteiger partial charge in [-0.05, 0) is 37.4 Å². The summed E-state index contributed by atoms with van der Waals surface area (Å²) in [5.41, 5.74) is 1.43. The predicted molar refractivity (Wildman–Crippen MR) is 89.1 cm³/mol. The van der Waals surface area contributed by atoms with E-state index in [2.05, 4.69) is 75.3 Å². The Hall–Kier alpha value is -0.860. The third-order valence-corrected chi connectivity index (χ3v) is 3.84. The highest BCUT2D eigenvalue weighted by Gasteiger charge is 2.18. The van der Waals surface area contributed by atoms with Gasteiger partial charge >= 0.3 is 0 Å². The van der Waals surface area contributed by atoms with E-state index in [0.717, 1.165) is 32.0 Å². The molecule has 0 aliphatic heterocycles. The molecule has 114 valence electrons. The molecule has 2 nitrogen and oxygen atoms in total. The van der Waals surface area contributed by atoms with Gasteiger partial charge in [0.15, 0.2) is 0 Å². The van der Waals surface area contributed by atoms with Gasteiger partial charge in [0.05, 0.1) is 0 Å². The van der Waals surface area contributed by atoms with E-state index in [1.54, 1.807) is 0 Å². The molecule has 1 atom stereocenters. The molecule has 0 fully saturated rings. The summed E-state index contributed by atoms with van der Waals surface area (Å²) < 4.78 is 0. The van der Waals surface area contributed by atoms with E-state index >= 15 is 0 Å². The number of rotatable bonds is 9. The summed E-state index contributed by atoms with van der Waals surface area (Å²) in [7, 11) is 2.25. The van der Waals surface area contributed by atoms with E-state index < -0.39 is 0 Å². The first-order valence-electron chi connectivity index (χ1n) is 7.95. The Morgan fingerprint density at radius 2 is 1.65 bits per heavy atom. The molecule has 0 radical (unpaired) electrons. The lowest BCUT2D eigenvalue weighted by molar-refractivity contribution is 0.188. The molecule has 0 amide bonds. The molecule has 1 aromatic rings. The van der Waals surface area contributed by atoms with Crippen molar-refractivity contribution < 1.29 is 0 Å². The van der Waals surface area contributed by atoms with Gasteiger partial charge in [0.1, 0.15) is 0 Å². The largest absolute Gasteiger partial charge is 0.315 e. The van der Waals surface area contributed by atoms with Crippen molar-refractivity contribution >= 4 is 0 Å². The molecule has 0 bridgehead atoms. The normalized spacial score (nSPS) is 13.4. The third kappa shape index (κ3) is 6.53. The highest BCUT2D eigenvalue weighted by molar-refractivity contribution is 5.14. The van der Waals surface area contributed by atoms with E-state index in [0.29, 0.717) is 12.0 Å². The Kier molecular flexibility index (Phi) is 7.86. The second-order valence-electron chi connectivity index (χ2n) is 6.58. The molecule has 0 aliphatic rings. The molecule has 1 N–H and O–H groups in total. The van der Waals surface area contributed by atoms with Gasteiger partial charge < -0.3 is 10.2 Å². The molecular formula is C18H32N2. The highest BCUT2D eigenvalue weighted by Crippen LogP contribution is 2.10. The van der Waals surface area contributed by atoms with Crippen molar-refractivity contribution in [3.63, 3.8) is 0 Å². The lowest BCUT2D eigenvalue weighted by Crippen LogP contribution is -2.45. The third-order valence-electron chi connectivity index (χ3n) is 3.84. The summed E-state index contributed by atoms with van der Waals surface area (Å²) >= 11 is 0. The molecule has 0 heterocycles. The van der Waals surface area contributed by atoms with Crippen LogP contribution in [-0.4, -0.2) is 37.6 Å². The second-order valence-corrected chi connectivity index (χ2v) is 6.58. The lowest BCUT2D eigenvalue weighted by atomic mass is 10.0. The summed E-state index contributed by atoms with van der Waals surface area (Å²) in [6.07, 6.45) is 1.13. The maximum absolute atomic E-state index is 3.60. The number of nitrogens with one attached hydrogen (secondary N) is 1. The fraction of sp³-hybridized carbons (Fsp3) is 0.667. The molecule has 20 heavy (non-hydrogen) atoms. The Morgan fingerprint density at radius 1 is 1.00 bits per heavy atom. The average molecular weight is 276 g/mol. The van der Waals surface area contributed by atoms with Crippen molar-refractivity contribution in [3.8, 4) is 0 Å². The molecule has 0 aromatic heterocycles. The van der Waals surface area contributed by atoms with Crippen LogP contribution in [0.4, 0.5) is 0 Å². The van der Waals surface area contributed by atoms with Crippen molar-refractivity contribution in [2.45, 2.75) is 40.2 Å². The van der Waals surface area contributed by atoms with Gasteiger partial charge in [-0.15, -0.1) is 0 Å². The first-order valence-corrected chi connectivity index (χ1v) is 7.95. The standard InChI is InChI=1S/C18H32N2/c1-15(2)13-19-14-18(16(3)4)20(5)12-11-17-9-7-6-8-10-17/h6-10,15-16,18-19H,11-14H2,1-5H3. The minimum absolute atomic E-state index is 0.609. The van der Waals surface area contributed by atoms with E-state index in [-0.39, 0.29) is 0 Å². The summed E-state index contributed by atoms with van der Waals surface area (Å²) in [5, 5.41) is 3.60. The minimum Gasteiger partial charge on any atom is -0.315 e. The number of likely N-dealkylation sites (N-methyl/N-ethyl adjacent to an activating group) is 1. The van der Waals surface area contributed by atoms with Gasteiger partial charge in [-0.3, -0.25) is 0 Å². The van der Waals surface area contributed by atoms with Gasteiger partial charge in [-0.2, -0.15) is 0 Å². The zero-order chi connectivity index (χ0) is 15.0. The van der Waals surface area contributed by atoms with Crippen molar-refractivity contribution in [1.29, 1.82) is 0 Å². The first-order chi connectivity index (χ1) is 9.50. The molecule has 0 spiro atoms. The minimum atomic E-state index is 0.609. The van der Waals surface area contributed by atoms with Gasteiger partial charge in [0, 0.05) is 19.1 Å². The summed E-state index contributed by atoms with van der Waals surface area (Å²) in [4.78, 5) is 2.50. The Morgan fingerprint density at radius 3 is 2.20 bits per heavy atom. The molecule has 0 saturated heterocycles. The molecule has 2 heteroatoms. The van der Waals surface area contributed by atoms with Crippen LogP contribution in [0.2, 0.25) is 0 Å². The molecule has 1 aromatic carbocycles. The Balaban J connectivity index is 2.41. The molecular weight excluding hydrogens is 244 g/mol. The monoisotopic (exact) mass is 276 g/mol. The Bertz CT molecular complexity index is 346. The molecule has 0 aliphatic carbocycles. The van der Waals surface area contributed by atoms with Crippen LogP contribution in [0.3, 0.4) is 0 Å². The maximum atomic E-state index is 3.60. The number of benzene rings is 1. The SMILES string of the molecule is CC(C)CNCC(C(C)C)N(C)CCc1ccccc1. The molecule has 1 unspecified atom stereocenters. The van der Waals surface area contributed by atoms with Crippen LogP contribution in [0.1, 0.15) is 33.3 Å². The van der Waals surface area contributed by atoms with Crippen LogP contribution >= 0.6 is 0 Å². The first kappa shape index (κ1) is 17.2. The van der Waals surface area contributed by atoms with Crippen LogP contribution in [0.5, 0.6) is 0 Å². The van der Waals surface area contributed by atoms with Crippen LogP contribution < -0.4 is 5.32 Å². The van der Waals surface area contributed by atoms with Crippen molar-refractivity contribution in [1.82, 2.24) is 10.2 Å². The van der Waals surface area contributed by atoms with Crippen LogP contribution in [0.25, 0.3) is 0 Å². The van der Waals surface area contributed by atoms with Crippen molar-refractivity contribution in [3.05, 3.63) is 35.9 Å². The van der Waals surface area contributed by atoms with Gasteiger partial charge in [0.25, 0.3) is 0 Å². The number of nitrogens with zero attached hydrogens (tertiary/aromatic N) is 1. The van der Waals surface area contributed by atoms with Gasteiger partial charge in [0.2, 0.25) is 0 Å². The zero-order valence-electron chi connectivity index (χ0n) is 13.9. The Labute approximate surface area is 125 Å². The van der Waals surface area contributed by atoms with Crippen molar-refractivity contribution in [2.75, 3.05) is 26.7 Å². The van der Waals surface area contributed by atoms with Crippen molar-refractivity contribution in [2.24, 2.45) is 11.8 Å². The molecule has 0 saturated carbocycles. The number of hydrogen-bond donors (Lipinski definition) is 1. The predicted octanol–water partition coefficient (Wildman–Crippen LogP) is 3.43. The van der Waals surface area contributed by atoms with E-state index in [1.165, 1.54) is 5.56 Å². The number of hydrogen-bond acceptors (Lipinski definition) is 2. The van der Waals surface area contributed by atoms with E-state index in [4.69, 9.17) is 0 Å². The maximum Gasteiger partial charge on any atom is 0.0240 e. The van der Waals surface area contributed by atoms with Crippen LogP contribution in [0.15, 0.2) is 30.3 Å². The average Bonchev–Trinajstić information content (AvgIpc) is 2.41. The van der Waals surface area contributed by atoms with Gasteiger partial charge in [-0.1, -0.05) is 58.0 Å². The van der Waals surface area contributed by atoms with Crippen LogP contribution in [0, 0.1) is 11.8 Å². The topological polar surface area (TPSA) is 15.3 Å². The fourth-order valence-corrected chi connectivity index (χ4v) is 2.54. The summed E-state index contributed by atoms with van der Waals surface area (Å²) in [6.45, 7) is 12.5. The second kappa shape index (κ2) is 9.15. The zero-order valence-corrected chi connectivity index (χ0v) is 13.9.